The van der Waals surface area contributed by atoms with Gasteiger partial charge in [0, 0.05) is 6.07 Å². The molecule has 0 aliphatic rings. The number of amides is 1. The Balaban J connectivity index is 2.27. The van der Waals surface area contributed by atoms with E-state index < -0.39 is 5.91 Å². The summed E-state index contributed by atoms with van der Waals surface area (Å²) >= 11 is 1.29. The molecule has 0 bridgehead atoms. The van der Waals surface area contributed by atoms with Crippen molar-refractivity contribution in [2.75, 3.05) is 14.2 Å². The zero-order valence-electron chi connectivity index (χ0n) is 13.9. The Morgan fingerprint density at radius 3 is 2.72 bits per heavy atom. The number of terminal acetylenes is 1. The van der Waals surface area contributed by atoms with Crippen molar-refractivity contribution in [3.63, 3.8) is 0 Å². The van der Waals surface area contributed by atoms with E-state index in [1.165, 1.54) is 17.4 Å². The van der Waals surface area contributed by atoms with E-state index in [1.807, 2.05) is 0 Å². The lowest BCUT2D eigenvalue weighted by atomic mass is 10.3. The summed E-state index contributed by atoms with van der Waals surface area (Å²) in [6, 6.07) is 5.11. The Labute approximate surface area is 147 Å². The molecule has 0 atom stereocenters. The lowest BCUT2D eigenvalue weighted by Crippen LogP contribution is -2.16. The summed E-state index contributed by atoms with van der Waals surface area (Å²) in [5.74, 6) is 3.38. The number of aromatic nitrogens is 2. The number of hydrogen-bond acceptors (Lipinski definition) is 6. The molecule has 8 heteroatoms. The van der Waals surface area contributed by atoms with E-state index in [2.05, 4.69) is 16.1 Å². The topological polar surface area (TPSA) is 78.9 Å². The second kappa shape index (κ2) is 6.83. The first-order valence-corrected chi connectivity index (χ1v) is 8.10. The monoisotopic (exact) mass is 357 g/mol. The Hall–Kier alpha value is -3.05. The van der Waals surface area contributed by atoms with Crippen molar-refractivity contribution in [2.45, 2.75) is 13.5 Å². The summed E-state index contributed by atoms with van der Waals surface area (Å²) < 4.78 is 18.3. The predicted octanol–water partition coefficient (Wildman–Crippen LogP) is 2.39. The minimum absolute atomic E-state index is 0.0705. The summed E-state index contributed by atoms with van der Waals surface area (Å²) in [4.78, 5) is 16.9. The van der Waals surface area contributed by atoms with Crippen LogP contribution >= 0.6 is 11.3 Å². The van der Waals surface area contributed by atoms with Crippen LogP contribution in [0.25, 0.3) is 10.2 Å². The van der Waals surface area contributed by atoms with Crippen LogP contribution in [0.3, 0.4) is 0 Å². The Morgan fingerprint density at radius 1 is 1.40 bits per heavy atom. The largest absolute Gasteiger partial charge is 0.495 e. The van der Waals surface area contributed by atoms with Gasteiger partial charge in [0.2, 0.25) is 5.76 Å². The third-order valence-corrected chi connectivity index (χ3v) is 4.57. The molecule has 25 heavy (non-hydrogen) atoms. The van der Waals surface area contributed by atoms with Crippen molar-refractivity contribution in [3.05, 3.63) is 34.5 Å². The van der Waals surface area contributed by atoms with Gasteiger partial charge in [0.05, 0.1) is 26.5 Å². The molecule has 0 saturated carbocycles. The smallest absolute Gasteiger partial charge is 0.318 e. The Kier molecular flexibility index (Phi) is 4.59. The minimum Gasteiger partial charge on any atom is -0.495 e. The number of carbonyl (C=O) groups is 1. The fraction of sp³-hybridized carbons (Fsp3) is 0.235. The van der Waals surface area contributed by atoms with E-state index in [9.17, 15) is 4.79 Å². The fourth-order valence-electron chi connectivity index (χ4n) is 2.38. The predicted molar refractivity (Wildman–Crippen MR) is 92.9 cm³/mol. The van der Waals surface area contributed by atoms with Crippen molar-refractivity contribution < 1.29 is 18.8 Å². The average Bonchev–Trinajstić information content (AvgIpc) is 3.19. The molecular weight excluding hydrogens is 342 g/mol. The van der Waals surface area contributed by atoms with E-state index in [-0.39, 0.29) is 12.3 Å². The molecule has 0 saturated heterocycles. The second-order valence-electron chi connectivity index (χ2n) is 5.07. The van der Waals surface area contributed by atoms with Crippen LogP contribution in [0.15, 0.2) is 27.7 Å². The van der Waals surface area contributed by atoms with Crippen LogP contribution in [0.4, 0.5) is 0 Å². The molecule has 0 aliphatic heterocycles. The lowest BCUT2D eigenvalue weighted by molar-refractivity contribution is 0.0962. The third-order valence-electron chi connectivity index (χ3n) is 3.48. The van der Waals surface area contributed by atoms with E-state index in [0.29, 0.717) is 22.0 Å². The molecule has 0 fully saturated rings. The number of carbonyl (C=O) groups excluding carboxylic acids is 1. The molecule has 7 nitrogen and oxygen atoms in total. The standard InChI is InChI=1S/C17H15N3O4S/c1-5-8-20-14-11(22-3)6-7-12(23-4)15(14)25-17(20)18-16(21)13-9-10(2)19-24-13/h1,6-7,9H,8H2,2-4H3. The molecular formula is C17H15N3O4S. The molecule has 3 aromatic rings. The van der Waals surface area contributed by atoms with Gasteiger partial charge in [0.15, 0.2) is 4.80 Å². The maximum Gasteiger partial charge on any atom is 0.318 e. The van der Waals surface area contributed by atoms with Crippen LogP contribution in [0.5, 0.6) is 11.5 Å². The highest BCUT2D eigenvalue weighted by atomic mass is 32.1. The van der Waals surface area contributed by atoms with Gasteiger partial charge in [0.1, 0.15) is 21.7 Å². The van der Waals surface area contributed by atoms with E-state index in [0.717, 1.165) is 10.2 Å². The molecule has 1 amide bonds. The third kappa shape index (κ3) is 3.02. The Bertz CT molecular complexity index is 1050. The average molecular weight is 357 g/mol. The van der Waals surface area contributed by atoms with Gasteiger partial charge in [0.25, 0.3) is 0 Å². The van der Waals surface area contributed by atoms with Gasteiger partial charge in [-0.15, -0.1) is 6.42 Å². The van der Waals surface area contributed by atoms with Gasteiger partial charge < -0.3 is 18.6 Å². The fourth-order valence-corrected chi connectivity index (χ4v) is 3.52. The van der Waals surface area contributed by atoms with Crippen LogP contribution in [0, 0.1) is 19.3 Å². The zero-order valence-corrected chi connectivity index (χ0v) is 14.7. The summed E-state index contributed by atoms with van der Waals surface area (Å²) in [5, 5.41) is 3.70. The van der Waals surface area contributed by atoms with Gasteiger partial charge in [-0.1, -0.05) is 22.4 Å². The second-order valence-corrected chi connectivity index (χ2v) is 6.05. The molecule has 2 heterocycles. The first-order chi connectivity index (χ1) is 12.1. The lowest BCUT2D eigenvalue weighted by Gasteiger charge is -2.08. The highest BCUT2D eigenvalue weighted by Crippen LogP contribution is 2.35. The maximum absolute atomic E-state index is 12.3. The molecule has 0 spiro atoms. The van der Waals surface area contributed by atoms with Gasteiger partial charge in [-0.3, -0.25) is 4.79 Å². The molecule has 3 rings (SSSR count). The van der Waals surface area contributed by atoms with E-state index >= 15 is 0 Å². The number of thiazole rings is 1. The van der Waals surface area contributed by atoms with Crippen LogP contribution < -0.4 is 14.3 Å². The minimum atomic E-state index is -0.532. The number of rotatable bonds is 4. The molecule has 1 aromatic carbocycles. The van der Waals surface area contributed by atoms with E-state index in [1.54, 1.807) is 37.8 Å². The first-order valence-electron chi connectivity index (χ1n) is 7.29. The molecule has 2 aromatic heterocycles. The van der Waals surface area contributed by atoms with Crippen LogP contribution in [0.2, 0.25) is 0 Å². The summed E-state index contributed by atoms with van der Waals surface area (Å²) in [6.07, 6.45) is 5.49. The first kappa shape index (κ1) is 16.8. The number of benzene rings is 1. The summed E-state index contributed by atoms with van der Waals surface area (Å²) in [6.45, 7) is 1.96. The number of hydrogen-bond donors (Lipinski definition) is 0. The van der Waals surface area contributed by atoms with Gasteiger partial charge in [-0.2, -0.15) is 4.99 Å². The molecule has 128 valence electrons. The van der Waals surface area contributed by atoms with Crippen molar-refractivity contribution in [1.82, 2.24) is 9.72 Å². The highest BCUT2D eigenvalue weighted by molar-refractivity contribution is 7.16. The van der Waals surface area contributed by atoms with Crippen LogP contribution in [-0.2, 0) is 6.54 Å². The normalized spacial score (nSPS) is 11.5. The van der Waals surface area contributed by atoms with Crippen molar-refractivity contribution in [3.8, 4) is 23.8 Å². The van der Waals surface area contributed by atoms with Crippen LogP contribution in [-0.4, -0.2) is 29.9 Å². The maximum atomic E-state index is 12.3. The number of ether oxygens (including phenoxy) is 2. The van der Waals surface area contributed by atoms with Gasteiger partial charge in [-0.25, -0.2) is 0 Å². The Morgan fingerprint density at radius 2 is 2.12 bits per heavy atom. The highest BCUT2D eigenvalue weighted by Gasteiger charge is 2.17. The molecule has 0 radical (unpaired) electrons. The molecule has 0 unspecified atom stereocenters. The molecule has 0 aliphatic carbocycles. The van der Waals surface area contributed by atoms with Crippen molar-refractivity contribution in [1.29, 1.82) is 0 Å². The van der Waals surface area contributed by atoms with Crippen molar-refractivity contribution in [2.24, 2.45) is 4.99 Å². The number of fused-ring (bicyclic) bond motifs is 1. The van der Waals surface area contributed by atoms with Gasteiger partial charge in [-0.05, 0) is 19.1 Å². The quantitative estimate of drug-likeness (QED) is 0.670. The van der Waals surface area contributed by atoms with Gasteiger partial charge >= 0.3 is 5.91 Å². The zero-order chi connectivity index (χ0) is 18.0. The number of aryl methyl sites for hydroxylation is 1. The van der Waals surface area contributed by atoms with Crippen LogP contribution in [0.1, 0.15) is 16.2 Å². The summed E-state index contributed by atoms with van der Waals surface area (Å²) in [7, 11) is 3.14. The summed E-state index contributed by atoms with van der Waals surface area (Å²) in [5.41, 5.74) is 1.33. The SMILES string of the molecule is C#CCn1c(=NC(=O)c2cc(C)no2)sc2c(OC)ccc(OC)c21. The van der Waals surface area contributed by atoms with E-state index in [4.69, 9.17) is 20.4 Å². The molecule has 0 N–H and O–H groups in total. The van der Waals surface area contributed by atoms with Crippen molar-refractivity contribution >= 4 is 27.5 Å². The number of nitrogens with zero attached hydrogens (tertiary/aromatic N) is 3. The number of methoxy groups -OCH3 is 2.